The van der Waals surface area contributed by atoms with E-state index in [-0.39, 0.29) is 23.3 Å². The number of carbonyl (C=O) groups is 3. The highest BCUT2D eigenvalue weighted by Gasteiger charge is 2.35. The van der Waals surface area contributed by atoms with Gasteiger partial charge >= 0.3 is 5.97 Å². The van der Waals surface area contributed by atoms with Gasteiger partial charge in [-0.3, -0.25) is 14.5 Å². The zero-order valence-corrected chi connectivity index (χ0v) is 18.3. The minimum atomic E-state index is -0.526. The largest absolute Gasteiger partial charge is 0.481 e. The Labute approximate surface area is 184 Å². The van der Waals surface area contributed by atoms with Crippen molar-refractivity contribution < 1.29 is 23.9 Å². The fourth-order valence-electron chi connectivity index (χ4n) is 2.51. The van der Waals surface area contributed by atoms with Gasteiger partial charge in [-0.25, -0.2) is 4.79 Å². The minimum Gasteiger partial charge on any atom is -0.481 e. The summed E-state index contributed by atoms with van der Waals surface area (Å²) in [6, 6.07) is 12.1. The number of methoxy groups -OCH3 is 1. The lowest BCUT2D eigenvalue weighted by molar-refractivity contribution is -0.142. The van der Waals surface area contributed by atoms with Crippen LogP contribution in [0.25, 0.3) is 6.08 Å². The van der Waals surface area contributed by atoms with Gasteiger partial charge in [-0.05, 0) is 53.7 Å². The summed E-state index contributed by atoms with van der Waals surface area (Å²) in [6.45, 7) is -0.111. The molecular formula is C20H15BrClNO5S. The third-order valence-electron chi connectivity index (χ3n) is 3.96. The van der Waals surface area contributed by atoms with Crippen molar-refractivity contribution in [2.24, 2.45) is 0 Å². The average Bonchev–Trinajstić information content (AvgIpc) is 2.96. The number of ether oxygens (including phenoxy) is 2. The van der Waals surface area contributed by atoms with E-state index in [1.54, 1.807) is 48.5 Å². The van der Waals surface area contributed by atoms with Crippen LogP contribution in [0.3, 0.4) is 0 Å². The zero-order valence-electron chi connectivity index (χ0n) is 15.2. The van der Waals surface area contributed by atoms with Crippen LogP contribution >= 0.6 is 39.3 Å². The van der Waals surface area contributed by atoms with E-state index in [1.165, 1.54) is 12.0 Å². The fraction of sp³-hybridized carbons (Fsp3) is 0.150. The second kappa shape index (κ2) is 9.47. The molecule has 1 saturated heterocycles. The Balaban J connectivity index is 1.82. The maximum atomic E-state index is 12.8. The van der Waals surface area contributed by atoms with Crippen molar-refractivity contribution in [2.75, 3.05) is 13.7 Å². The van der Waals surface area contributed by atoms with Crippen LogP contribution in [0.5, 0.6) is 5.75 Å². The number of thioether (sulfide) groups is 1. The molecule has 1 heterocycles. The van der Waals surface area contributed by atoms with Crippen molar-refractivity contribution in [2.45, 2.75) is 6.54 Å². The minimum absolute atomic E-state index is 0.156. The predicted molar refractivity (Wildman–Crippen MR) is 115 cm³/mol. The monoisotopic (exact) mass is 495 g/mol. The number of halogens is 2. The predicted octanol–water partition coefficient (Wildman–Crippen LogP) is 4.89. The molecule has 0 atom stereocenters. The molecule has 0 aromatic heterocycles. The number of carbonyl (C=O) groups excluding carboxylic acids is 3. The molecule has 0 spiro atoms. The first kappa shape index (κ1) is 21.4. The molecule has 9 heteroatoms. The molecule has 1 fully saturated rings. The van der Waals surface area contributed by atoms with Gasteiger partial charge in [0.05, 0.1) is 18.6 Å². The van der Waals surface area contributed by atoms with Gasteiger partial charge in [-0.15, -0.1) is 0 Å². The Hall–Kier alpha value is -2.29. The molecule has 0 aliphatic carbocycles. The van der Waals surface area contributed by atoms with Crippen LogP contribution < -0.4 is 4.74 Å². The van der Waals surface area contributed by atoms with E-state index in [2.05, 4.69) is 20.7 Å². The second-order valence-electron chi connectivity index (χ2n) is 5.94. The van der Waals surface area contributed by atoms with E-state index in [0.717, 1.165) is 21.8 Å². The van der Waals surface area contributed by atoms with Crippen LogP contribution in [0.2, 0.25) is 5.02 Å². The molecule has 6 nitrogen and oxygen atoms in total. The average molecular weight is 497 g/mol. The Morgan fingerprint density at radius 2 is 1.93 bits per heavy atom. The van der Waals surface area contributed by atoms with Crippen molar-refractivity contribution in [3.63, 3.8) is 0 Å². The molecule has 0 N–H and O–H groups in total. The summed E-state index contributed by atoms with van der Waals surface area (Å²) in [5.74, 6) is -0.529. The standard InChI is InChI=1S/C20H15BrClNO5S/c1-27-18(24)11-28-16-7-4-14(21)8-13(16)9-17-19(25)23(20(26)29-17)10-12-2-5-15(22)6-3-12/h2-9H,10-11H2,1H3/b17-9+. The summed E-state index contributed by atoms with van der Waals surface area (Å²) in [4.78, 5) is 37.9. The molecule has 150 valence electrons. The van der Waals surface area contributed by atoms with Gasteiger partial charge in [-0.1, -0.05) is 39.7 Å². The molecule has 1 aliphatic rings. The van der Waals surface area contributed by atoms with Crippen LogP contribution in [0, 0.1) is 0 Å². The highest BCUT2D eigenvalue weighted by Crippen LogP contribution is 2.35. The number of rotatable bonds is 6. The summed E-state index contributed by atoms with van der Waals surface area (Å²) >= 11 is 10.1. The number of hydrogen-bond donors (Lipinski definition) is 0. The van der Waals surface area contributed by atoms with E-state index < -0.39 is 11.9 Å². The van der Waals surface area contributed by atoms with Crippen molar-refractivity contribution in [1.29, 1.82) is 0 Å². The Bertz CT molecular complexity index is 993. The molecule has 29 heavy (non-hydrogen) atoms. The molecule has 0 bridgehead atoms. The molecule has 0 radical (unpaired) electrons. The van der Waals surface area contributed by atoms with Crippen LogP contribution in [0.15, 0.2) is 51.8 Å². The quantitative estimate of drug-likeness (QED) is 0.419. The summed E-state index contributed by atoms with van der Waals surface area (Å²) in [6.07, 6.45) is 1.57. The van der Waals surface area contributed by atoms with Crippen LogP contribution in [-0.4, -0.2) is 35.7 Å². The lowest BCUT2D eigenvalue weighted by atomic mass is 10.1. The molecule has 1 aliphatic heterocycles. The molecule has 2 aromatic carbocycles. The third kappa shape index (κ3) is 5.41. The highest BCUT2D eigenvalue weighted by atomic mass is 79.9. The summed E-state index contributed by atoms with van der Waals surface area (Å²) in [7, 11) is 1.27. The number of hydrogen-bond acceptors (Lipinski definition) is 6. The smallest absolute Gasteiger partial charge is 0.343 e. The SMILES string of the molecule is COC(=O)COc1ccc(Br)cc1/C=C1/SC(=O)N(Cc2ccc(Cl)cc2)C1=O. The lowest BCUT2D eigenvalue weighted by Crippen LogP contribution is -2.27. The number of amides is 2. The summed E-state index contributed by atoms with van der Waals surface area (Å²) in [5.41, 5.74) is 1.35. The van der Waals surface area contributed by atoms with Crippen molar-refractivity contribution in [3.05, 3.63) is 68.0 Å². The maximum absolute atomic E-state index is 12.8. The fourth-order valence-corrected chi connectivity index (χ4v) is 3.84. The molecule has 3 rings (SSSR count). The molecule has 2 aromatic rings. The molecule has 0 saturated carbocycles. The first-order chi connectivity index (χ1) is 13.9. The highest BCUT2D eigenvalue weighted by molar-refractivity contribution is 9.10. The van der Waals surface area contributed by atoms with Crippen molar-refractivity contribution in [3.8, 4) is 5.75 Å². The van der Waals surface area contributed by atoms with Gasteiger partial charge in [-0.2, -0.15) is 0 Å². The summed E-state index contributed by atoms with van der Waals surface area (Å²) < 4.78 is 10.8. The van der Waals surface area contributed by atoms with E-state index in [0.29, 0.717) is 16.3 Å². The van der Waals surface area contributed by atoms with E-state index >= 15 is 0 Å². The zero-order chi connectivity index (χ0) is 21.0. The molecular weight excluding hydrogens is 482 g/mol. The van der Waals surface area contributed by atoms with Gasteiger partial charge in [0.2, 0.25) is 0 Å². The topological polar surface area (TPSA) is 72.9 Å². The number of nitrogens with zero attached hydrogens (tertiary/aromatic N) is 1. The van der Waals surface area contributed by atoms with Crippen molar-refractivity contribution in [1.82, 2.24) is 4.90 Å². The number of esters is 1. The van der Waals surface area contributed by atoms with Gasteiger partial charge in [0.15, 0.2) is 6.61 Å². The second-order valence-corrected chi connectivity index (χ2v) is 8.29. The summed E-state index contributed by atoms with van der Waals surface area (Å²) in [5, 5.41) is 0.222. The molecule has 0 unspecified atom stereocenters. The Morgan fingerprint density at radius 1 is 1.21 bits per heavy atom. The van der Waals surface area contributed by atoms with Crippen LogP contribution in [-0.2, 0) is 20.9 Å². The van der Waals surface area contributed by atoms with Gasteiger partial charge in [0.1, 0.15) is 5.75 Å². The Morgan fingerprint density at radius 3 is 2.62 bits per heavy atom. The lowest BCUT2D eigenvalue weighted by Gasteiger charge is -2.12. The Kier molecular flexibility index (Phi) is 7.00. The van der Waals surface area contributed by atoms with Gasteiger partial charge in [0, 0.05) is 15.1 Å². The van der Waals surface area contributed by atoms with Gasteiger partial charge in [0.25, 0.3) is 11.1 Å². The molecule has 2 amide bonds. The number of imide groups is 1. The maximum Gasteiger partial charge on any atom is 0.343 e. The van der Waals surface area contributed by atoms with Crippen molar-refractivity contribution >= 4 is 62.5 Å². The third-order valence-corrected chi connectivity index (χ3v) is 5.61. The first-order valence-electron chi connectivity index (χ1n) is 8.36. The first-order valence-corrected chi connectivity index (χ1v) is 10.3. The number of benzene rings is 2. The van der Waals surface area contributed by atoms with Crippen LogP contribution in [0.1, 0.15) is 11.1 Å². The van der Waals surface area contributed by atoms with Crippen LogP contribution in [0.4, 0.5) is 4.79 Å². The van der Waals surface area contributed by atoms with E-state index in [4.69, 9.17) is 16.3 Å². The van der Waals surface area contributed by atoms with Gasteiger partial charge < -0.3 is 9.47 Å². The van der Waals surface area contributed by atoms with E-state index in [9.17, 15) is 14.4 Å². The normalized spacial score (nSPS) is 15.1. The van der Waals surface area contributed by atoms with E-state index in [1.807, 2.05) is 0 Å².